The number of hydrogen-bond donors (Lipinski definition) is 4. The number of hydrogen-bond acceptors (Lipinski definition) is 6. The number of methoxy groups -OCH3 is 1. The fourth-order valence-electron chi connectivity index (χ4n) is 3.48. The molecular formula is C25H29N5O2. The van der Waals surface area contributed by atoms with Gasteiger partial charge >= 0.3 is 0 Å². The van der Waals surface area contributed by atoms with Crippen molar-refractivity contribution in [2.45, 2.75) is 32.4 Å². The van der Waals surface area contributed by atoms with Crippen molar-refractivity contribution in [3.63, 3.8) is 0 Å². The summed E-state index contributed by atoms with van der Waals surface area (Å²) in [5.74, 6) is 1.98. The Bertz CT molecular complexity index is 1050. The summed E-state index contributed by atoms with van der Waals surface area (Å²) in [5, 5.41) is 9.80. The maximum Gasteiger partial charge on any atom is 0.224 e. The minimum absolute atomic E-state index is 0.0836. The Hall–Kier alpha value is -3.58. The molecule has 1 fully saturated rings. The molecule has 5 N–H and O–H groups in total. The van der Waals surface area contributed by atoms with Crippen molar-refractivity contribution in [3.8, 4) is 5.75 Å². The number of nitrogens with two attached hydrogens (primary N) is 1. The second-order valence-corrected chi connectivity index (χ2v) is 8.07. The van der Waals surface area contributed by atoms with E-state index >= 15 is 0 Å². The van der Waals surface area contributed by atoms with Gasteiger partial charge < -0.3 is 26.4 Å². The average molecular weight is 432 g/mol. The summed E-state index contributed by atoms with van der Waals surface area (Å²) >= 11 is 0. The molecule has 0 saturated heterocycles. The minimum atomic E-state index is 0.0836. The van der Waals surface area contributed by atoms with Gasteiger partial charge in [0, 0.05) is 48.3 Å². The number of pyridine rings is 1. The van der Waals surface area contributed by atoms with Gasteiger partial charge in [0.2, 0.25) is 5.91 Å². The first kappa shape index (κ1) is 21.6. The highest BCUT2D eigenvalue weighted by Crippen LogP contribution is 2.32. The van der Waals surface area contributed by atoms with Crippen LogP contribution in [0.2, 0.25) is 0 Å². The predicted molar refractivity (Wildman–Crippen MR) is 128 cm³/mol. The number of aromatic nitrogens is 1. The Morgan fingerprint density at radius 2 is 1.75 bits per heavy atom. The second-order valence-electron chi connectivity index (χ2n) is 8.07. The molecule has 1 amide bonds. The van der Waals surface area contributed by atoms with Crippen LogP contribution in [0.1, 0.15) is 30.4 Å². The summed E-state index contributed by atoms with van der Waals surface area (Å²) in [6, 6.07) is 17.5. The van der Waals surface area contributed by atoms with Gasteiger partial charge in [-0.25, -0.2) is 4.98 Å². The number of carbonyl (C=O) groups is 1. The van der Waals surface area contributed by atoms with Crippen LogP contribution < -0.4 is 26.4 Å². The molecule has 3 aromatic rings. The van der Waals surface area contributed by atoms with Crippen molar-refractivity contribution in [3.05, 3.63) is 71.9 Å². The molecule has 0 unspecified atom stereocenters. The van der Waals surface area contributed by atoms with Gasteiger partial charge in [0.25, 0.3) is 0 Å². The minimum Gasteiger partial charge on any atom is -0.497 e. The van der Waals surface area contributed by atoms with E-state index in [-0.39, 0.29) is 5.91 Å². The van der Waals surface area contributed by atoms with Crippen LogP contribution in [0.4, 0.5) is 22.9 Å². The molecular weight excluding hydrogens is 402 g/mol. The molecule has 0 bridgehead atoms. The first-order chi connectivity index (χ1) is 15.6. The molecule has 1 saturated carbocycles. The van der Waals surface area contributed by atoms with Gasteiger partial charge in [-0.05, 0) is 66.8 Å². The quantitative estimate of drug-likeness (QED) is 0.378. The highest BCUT2D eigenvalue weighted by molar-refractivity contribution is 5.91. The van der Waals surface area contributed by atoms with Crippen LogP contribution in [0.15, 0.2) is 60.8 Å². The molecule has 1 aliphatic carbocycles. The topological polar surface area (TPSA) is 101 Å². The van der Waals surface area contributed by atoms with Crippen LogP contribution >= 0.6 is 0 Å². The van der Waals surface area contributed by atoms with Crippen LogP contribution in [0.3, 0.4) is 0 Å². The van der Waals surface area contributed by atoms with Crippen molar-refractivity contribution >= 4 is 28.8 Å². The average Bonchev–Trinajstić information content (AvgIpc) is 3.61. The normalized spacial score (nSPS) is 12.9. The molecule has 1 aliphatic rings. The maximum absolute atomic E-state index is 12.0. The summed E-state index contributed by atoms with van der Waals surface area (Å²) in [6.07, 6.45) is 4.64. The maximum atomic E-state index is 12.0. The third-order valence-corrected chi connectivity index (χ3v) is 5.50. The number of anilines is 4. The number of nitrogens with one attached hydrogen (secondary N) is 3. The van der Waals surface area contributed by atoms with Gasteiger partial charge in [-0.1, -0.05) is 12.1 Å². The van der Waals surface area contributed by atoms with Gasteiger partial charge in [-0.3, -0.25) is 4.79 Å². The molecule has 0 aliphatic heterocycles. The third-order valence-electron chi connectivity index (χ3n) is 5.50. The summed E-state index contributed by atoms with van der Waals surface area (Å²) in [4.78, 5) is 16.2. The Kier molecular flexibility index (Phi) is 6.87. The van der Waals surface area contributed by atoms with Crippen LogP contribution in [0, 0.1) is 5.92 Å². The number of amides is 1. The number of nitrogens with zero attached hydrogens (tertiary/aromatic N) is 1. The third kappa shape index (κ3) is 5.98. The van der Waals surface area contributed by atoms with E-state index in [1.807, 2.05) is 54.6 Å². The van der Waals surface area contributed by atoms with Gasteiger partial charge in [0.15, 0.2) is 0 Å². The van der Waals surface area contributed by atoms with Crippen molar-refractivity contribution in [1.82, 2.24) is 10.3 Å². The first-order valence-electron chi connectivity index (χ1n) is 10.8. The largest absolute Gasteiger partial charge is 0.497 e. The fourth-order valence-corrected chi connectivity index (χ4v) is 3.48. The van der Waals surface area contributed by atoms with Crippen LogP contribution in [0.25, 0.3) is 0 Å². The molecule has 7 nitrogen and oxygen atoms in total. The number of ether oxygens (including phenoxy) is 1. The molecule has 1 aromatic heterocycles. The molecule has 1 heterocycles. The lowest BCUT2D eigenvalue weighted by atomic mass is 10.1. The highest BCUT2D eigenvalue weighted by atomic mass is 16.5. The number of benzene rings is 2. The summed E-state index contributed by atoms with van der Waals surface area (Å²) in [6.45, 7) is 1.27. The Labute approximate surface area is 188 Å². The van der Waals surface area contributed by atoms with E-state index in [9.17, 15) is 4.79 Å². The summed E-state index contributed by atoms with van der Waals surface area (Å²) in [5.41, 5.74) is 10.8. The van der Waals surface area contributed by atoms with Gasteiger partial charge in [0.1, 0.15) is 11.6 Å². The molecule has 0 atom stereocenters. The fraction of sp³-hybridized carbons (Fsp3) is 0.280. The lowest BCUT2D eigenvalue weighted by Crippen LogP contribution is -2.16. The monoisotopic (exact) mass is 431 g/mol. The molecule has 166 valence electrons. The number of nitrogen functional groups attached to an aromatic ring is 1. The zero-order chi connectivity index (χ0) is 22.3. The van der Waals surface area contributed by atoms with E-state index in [4.69, 9.17) is 10.5 Å². The van der Waals surface area contributed by atoms with Gasteiger partial charge in [-0.2, -0.15) is 0 Å². The Balaban J connectivity index is 1.35. The van der Waals surface area contributed by atoms with E-state index in [1.54, 1.807) is 13.3 Å². The van der Waals surface area contributed by atoms with Crippen molar-refractivity contribution in [2.75, 3.05) is 23.5 Å². The van der Waals surface area contributed by atoms with Crippen LogP contribution in [0.5, 0.6) is 5.75 Å². The van der Waals surface area contributed by atoms with Crippen molar-refractivity contribution in [2.24, 2.45) is 5.92 Å². The van der Waals surface area contributed by atoms with Crippen LogP contribution in [-0.2, 0) is 17.9 Å². The molecule has 2 aromatic carbocycles. The summed E-state index contributed by atoms with van der Waals surface area (Å²) in [7, 11) is 1.66. The first-order valence-corrected chi connectivity index (χ1v) is 10.8. The Morgan fingerprint density at radius 3 is 2.44 bits per heavy atom. The van der Waals surface area contributed by atoms with Crippen molar-refractivity contribution in [1.29, 1.82) is 0 Å². The van der Waals surface area contributed by atoms with E-state index in [1.165, 1.54) is 12.8 Å². The molecule has 32 heavy (non-hydrogen) atoms. The number of rotatable bonds is 10. The highest BCUT2D eigenvalue weighted by Gasteiger charge is 2.24. The standard InChI is InChI=1S/C25H29N5O2/c1-32-21-10-4-18(5-11-21)15-27-16-22-23(12-13-28-25(22)26)29-19-6-8-20(9-7-19)30-24(31)14-17-2-3-17/h4-13,17,27H,2-3,14-16H2,1H3,(H,30,31)(H3,26,28,29). The molecule has 4 rings (SSSR count). The van der Waals surface area contributed by atoms with E-state index < -0.39 is 0 Å². The smallest absolute Gasteiger partial charge is 0.224 e. The zero-order valence-electron chi connectivity index (χ0n) is 18.2. The molecule has 7 heteroatoms. The van der Waals surface area contributed by atoms with E-state index in [0.29, 0.717) is 31.2 Å². The molecule has 0 radical (unpaired) electrons. The lowest BCUT2D eigenvalue weighted by molar-refractivity contribution is -0.116. The Morgan fingerprint density at radius 1 is 1.03 bits per heavy atom. The zero-order valence-corrected chi connectivity index (χ0v) is 18.2. The van der Waals surface area contributed by atoms with Gasteiger partial charge in [-0.15, -0.1) is 0 Å². The van der Waals surface area contributed by atoms with E-state index in [2.05, 4.69) is 20.9 Å². The second kappa shape index (κ2) is 10.2. The number of carbonyl (C=O) groups excluding carboxylic acids is 1. The van der Waals surface area contributed by atoms with Crippen LogP contribution in [-0.4, -0.2) is 18.0 Å². The SMILES string of the molecule is COc1ccc(CNCc2c(Nc3ccc(NC(=O)CC4CC4)cc3)ccnc2N)cc1. The van der Waals surface area contributed by atoms with E-state index in [0.717, 1.165) is 33.9 Å². The molecule has 0 spiro atoms. The predicted octanol–water partition coefficient (Wildman–Crippen LogP) is 4.44. The lowest BCUT2D eigenvalue weighted by Gasteiger charge is -2.15. The van der Waals surface area contributed by atoms with Crippen molar-refractivity contribution < 1.29 is 9.53 Å². The summed E-state index contributed by atoms with van der Waals surface area (Å²) < 4.78 is 5.20. The van der Waals surface area contributed by atoms with Gasteiger partial charge in [0.05, 0.1) is 7.11 Å².